The zero-order valence-electron chi connectivity index (χ0n) is 24.5. The Kier molecular flexibility index (Phi) is 33.9. The minimum atomic E-state index is -5.08. The van der Waals surface area contributed by atoms with E-state index in [2.05, 4.69) is 22.4 Å². The molecule has 0 aliphatic heterocycles. The van der Waals surface area contributed by atoms with E-state index in [-0.39, 0.29) is 58.2 Å². The Morgan fingerprint density at radius 3 is 1.27 bits per heavy atom. The molecule has 0 spiro atoms. The Balaban J connectivity index is -0.000000153. The molecule has 1 aliphatic rings. The molecule has 251 valence electrons. The van der Waals surface area contributed by atoms with Gasteiger partial charge < -0.3 is 46.1 Å². The Hall–Kier alpha value is -2.52. The van der Waals surface area contributed by atoms with Crippen molar-refractivity contribution in [2.24, 2.45) is 11.7 Å². The summed E-state index contributed by atoms with van der Waals surface area (Å²) in [5.74, 6) is -4.60. The van der Waals surface area contributed by atoms with Gasteiger partial charge in [0.15, 0.2) is 0 Å². The molecule has 1 aliphatic carbocycles. The molecule has 9 nitrogen and oxygen atoms in total. The maximum Gasteiger partial charge on any atom is 3.00 e. The van der Waals surface area contributed by atoms with Crippen molar-refractivity contribution in [2.75, 3.05) is 0 Å². The van der Waals surface area contributed by atoms with Crippen LogP contribution in [-0.2, 0) is 78.0 Å². The van der Waals surface area contributed by atoms with E-state index in [9.17, 15) is 22.8 Å². The van der Waals surface area contributed by atoms with Gasteiger partial charge in [-0.05, 0) is 48.2 Å². The van der Waals surface area contributed by atoms with Crippen molar-refractivity contribution in [2.45, 2.75) is 64.1 Å². The molecule has 0 saturated heterocycles. The largest absolute Gasteiger partial charge is 3.00 e. The van der Waals surface area contributed by atoms with Crippen molar-refractivity contribution in [3.05, 3.63) is 74.5 Å². The molecular weight excluding hydrogens is 733 g/mol. The van der Waals surface area contributed by atoms with E-state index in [1.807, 2.05) is 0 Å². The maximum atomic E-state index is 10.6. The molecule has 0 amide bonds. The number of aromatic hydroxyl groups is 2. The number of carboxylic acids is 3. The number of rotatable bonds is 6. The van der Waals surface area contributed by atoms with Crippen LogP contribution in [0, 0.1) is 20.8 Å². The van der Waals surface area contributed by atoms with Crippen LogP contribution in [0.5, 0.6) is 11.5 Å². The standard InChI is InChI=1S/C10H12O3.C9H11NO3.C5H10.C2HF3O2.2CH3.Ru.S3/c1-7(10(12)13)6-8-2-4-9(11)5-3-8;10-8(9(12)13)5-6-1-3-7(11)4-2-6;1-2-4-5-3-1;3-2(4,5)1(6)7;;;;1-3-2/h2-5,7,11H,6H2,1H3,(H,12,13);1-4,8,11H,5,10H2,(H,12,13);1-5H2;(H,6,7);2*1H3;;/q;;;;2*-1;+3;. The fourth-order valence-electron chi connectivity index (χ4n) is 2.93. The number of nitrogens with two attached hydrogens (primary N) is 1. The van der Waals surface area contributed by atoms with Crippen LogP contribution in [0.1, 0.15) is 50.2 Å². The van der Waals surface area contributed by atoms with Crippen LogP contribution in [0.4, 0.5) is 13.2 Å². The molecule has 0 aromatic heterocycles. The number of aliphatic carboxylic acids is 3. The van der Waals surface area contributed by atoms with E-state index in [1.54, 1.807) is 43.3 Å². The van der Waals surface area contributed by atoms with Crippen molar-refractivity contribution in [3.8, 4) is 11.5 Å². The number of carbonyl (C=O) groups is 3. The number of alkyl halides is 3. The number of benzene rings is 2. The zero-order valence-corrected chi connectivity index (χ0v) is 28.7. The average Bonchev–Trinajstić information content (AvgIpc) is 3.48. The minimum absolute atomic E-state index is 0. The van der Waals surface area contributed by atoms with Crippen molar-refractivity contribution < 1.29 is 72.6 Å². The third kappa shape index (κ3) is 29.6. The molecule has 0 heterocycles. The molecule has 1 fully saturated rings. The minimum Gasteiger partial charge on any atom is -0.508 e. The van der Waals surface area contributed by atoms with E-state index in [4.69, 9.17) is 36.1 Å². The van der Waals surface area contributed by atoms with Crippen molar-refractivity contribution in [1.29, 1.82) is 0 Å². The molecule has 1 radical (unpaired) electrons. The second-order valence-electron chi connectivity index (χ2n) is 8.56. The number of carboxylic acid groups (broad SMARTS) is 3. The number of hydrogen-bond acceptors (Lipinski definition) is 8. The second kappa shape index (κ2) is 29.2. The molecular formula is C28H40F3NO8RuS3+. The Morgan fingerprint density at radius 2 is 1.05 bits per heavy atom. The van der Waals surface area contributed by atoms with Crippen molar-refractivity contribution in [3.63, 3.8) is 0 Å². The summed E-state index contributed by atoms with van der Waals surface area (Å²) in [7, 11) is 0.917. The summed E-state index contributed by atoms with van der Waals surface area (Å²) in [5.41, 5.74) is 7.05. The molecule has 44 heavy (non-hydrogen) atoms. The van der Waals surface area contributed by atoms with E-state index in [1.165, 1.54) is 44.2 Å². The molecule has 2 atom stereocenters. The normalized spacial score (nSPS) is 12.1. The summed E-state index contributed by atoms with van der Waals surface area (Å²) in [4.78, 5) is 29.8. The molecule has 16 heteroatoms. The van der Waals surface area contributed by atoms with Crippen molar-refractivity contribution >= 4 is 49.2 Å². The van der Waals surface area contributed by atoms with Gasteiger partial charge in [0.2, 0.25) is 0 Å². The Labute approximate surface area is 282 Å². The van der Waals surface area contributed by atoms with Gasteiger partial charge in [0.05, 0.1) is 5.92 Å². The van der Waals surface area contributed by atoms with Gasteiger partial charge in [-0.1, -0.05) is 63.3 Å². The van der Waals surface area contributed by atoms with Gasteiger partial charge in [0, 0.05) is 31.3 Å². The number of hydrogen-bond donors (Lipinski definition) is 6. The van der Waals surface area contributed by atoms with E-state index < -0.39 is 30.1 Å². The summed E-state index contributed by atoms with van der Waals surface area (Å²) in [5, 5.41) is 42.2. The summed E-state index contributed by atoms with van der Waals surface area (Å²) in [6.07, 6.45) is 3.19. The average molecular weight is 773 g/mol. The van der Waals surface area contributed by atoms with E-state index in [0.717, 1.165) is 20.0 Å². The Morgan fingerprint density at radius 1 is 0.773 bits per heavy atom. The first kappa shape index (κ1) is 51.1. The van der Waals surface area contributed by atoms with Crippen molar-refractivity contribution in [1.82, 2.24) is 0 Å². The summed E-state index contributed by atoms with van der Waals surface area (Å²) in [6.45, 7) is 1.66. The first-order chi connectivity index (χ1) is 19.0. The zero-order chi connectivity index (χ0) is 32.0. The molecule has 1 saturated carbocycles. The number of halogens is 3. The van der Waals surface area contributed by atoms with Crippen LogP contribution in [0.25, 0.3) is 0 Å². The van der Waals surface area contributed by atoms with Crippen LogP contribution >= 0.6 is 0 Å². The molecule has 7 N–H and O–H groups in total. The van der Waals surface area contributed by atoms with E-state index >= 15 is 0 Å². The number of phenols is 2. The molecule has 2 aromatic carbocycles. The van der Waals surface area contributed by atoms with Gasteiger partial charge in [-0.3, -0.25) is 9.59 Å². The van der Waals surface area contributed by atoms with Crippen LogP contribution in [0.2, 0.25) is 0 Å². The first-order valence-electron chi connectivity index (χ1n) is 12.0. The SMILES string of the molecule is C1CCCC1.CC(Cc1ccc(O)cc1)C(=O)O.NC(Cc1ccc(O)cc1)C(=O)O.O=C(O)C(F)(F)F.S=S=S.[CH3-].[CH3-].[Ru+3]. The summed E-state index contributed by atoms with van der Waals surface area (Å²) < 4.78 is 31.7. The van der Waals surface area contributed by atoms with Gasteiger partial charge >= 0.3 is 43.6 Å². The number of phenolic OH excluding ortho intramolecular Hbond substituents is 2. The molecule has 3 rings (SSSR count). The molecule has 2 aromatic rings. The fraction of sp³-hybridized carbons (Fsp3) is 0.393. The van der Waals surface area contributed by atoms with E-state index in [0.29, 0.717) is 6.42 Å². The summed E-state index contributed by atoms with van der Waals surface area (Å²) >= 11 is 8.25. The smallest absolute Gasteiger partial charge is 0.508 e. The molecule has 0 bridgehead atoms. The molecule has 2 unspecified atom stereocenters. The predicted molar refractivity (Wildman–Crippen MR) is 168 cm³/mol. The fourth-order valence-corrected chi connectivity index (χ4v) is 2.93. The summed E-state index contributed by atoms with van der Waals surface area (Å²) in [6, 6.07) is 12.0. The third-order valence-corrected chi connectivity index (χ3v) is 5.10. The van der Waals surface area contributed by atoms with Gasteiger partial charge in [0.25, 0.3) is 0 Å². The van der Waals surface area contributed by atoms with Gasteiger partial charge in [0.1, 0.15) is 17.5 Å². The monoisotopic (exact) mass is 773 g/mol. The van der Waals surface area contributed by atoms with Crippen LogP contribution < -0.4 is 5.73 Å². The van der Waals surface area contributed by atoms with Crippen LogP contribution in [0.3, 0.4) is 0 Å². The predicted octanol–water partition coefficient (Wildman–Crippen LogP) is 5.48. The van der Waals surface area contributed by atoms with Crippen LogP contribution in [-0.4, -0.2) is 55.7 Å². The van der Waals surface area contributed by atoms with Crippen LogP contribution in [0.15, 0.2) is 48.5 Å². The van der Waals surface area contributed by atoms with Gasteiger partial charge in [-0.15, -0.1) is 0 Å². The Bertz CT molecular complexity index is 1010. The quantitative estimate of drug-likeness (QED) is 0.162. The topological polar surface area (TPSA) is 178 Å². The maximum absolute atomic E-state index is 10.6. The van der Waals surface area contributed by atoms with Gasteiger partial charge in [-0.2, -0.15) is 13.2 Å². The second-order valence-corrected chi connectivity index (χ2v) is 10.3. The third-order valence-electron chi connectivity index (χ3n) is 5.10. The first-order valence-corrected chi connectivity index (χ1v) is 14.7. The van der Waals surface area contributed by atoms with Gasteiger partial charge in [-0.25, -0.2) is 4.79 Å².